The van der Waals surface area contributed by atoms with Gasteiger partial charge >= 0.3 is 6.03 Å². The van der Waals surface area contributed by atoms with Crippen LogP contribution in [0, 0.1) is 6.92 Å². The Bertz CT molecular complexity index is 719. The average molecular weight is 346 g/mol. The van der Waals surface area contributed by atoms with Crippen molar-refractivity contribution in [2.45, 2.75) is 13.8 Å². The van der Waals surface area contributed by atoms with E-state index in [0.717, 1.165) is 11.3 Å². The van der Waals surface area contributed by atoms with Gasteiger partial charge in [0.2, 0.25) is 5.91 Å². The number of urea groups is 1. The number of carbonyl (C=O) groups is 2. The number of rotatable bonds is 5. The number of nitrogens with zero attached hydrogens (tertiary/aromatic N) is 1. The summed E-state index contributed by atoms with van der Waals surface area (Å²) in [6, 6.07) is 14.3. The van der Waals surface area contributed by atoms with Gasteiger partial charge in [0, 0.05) is 36.4 Å². The fraction of sp³-hybridized carbons (Fsp3) is 0.222. The van der Waals surface area contributed by atoms with Crippen molar-refractivity contribution in [2.75, 3.05) is 23.3 Å². The Balaban J connectivity index is 1.93. The summed E-state index contributed by atoms with van der Waals surface area (Å²) in [6.07, 6.45) is 0. The first-order valence-corrected chi connectivity index (χ1v) is 7.99. The lowest BCUT2D eigenvalue weighted by Crippen LogP contribution is -2.39. The molecular formula is C18H20ClN3O2. The van der Waals surface area contributed by atoms with Crippen molar-refractivity contribution in [2.24, 2.45) is 0 Å². The maximum Gasteiger partial charge on any atom is 0.319 e. The Morgan fingerprint density at radius 1 is 1.12 bits per heavy atom. The number of hydrogen-bond acceptors (Lipinski definition) is 2. The molecule has 24 heavy (non-hydrogen) atoms. The van der Waals surface area contributed by atoms with Crippen molar-refractivity contribution >= 4 is 34.9 Å². The van der Waals surface area contributed by atoms with Crippen LogP contribution in [0.4, 0.5) is 16.2 Å². The largest absolute Gasteiger partial charge is 0.336 e. The Hall–Kier alpha value is -2.53. The van der Waals surface area contributed by atoms with Crippen LogP contribution in [0.1, 0.15) is 12.5 Å². The minimum absolute atomic E-state index is 0.106. The topological polar surface area (TPSA) is 61.4 Å². The second kappa shape index (κ2) is 8.36. The summed E-state index contributed by atoms with van der Waals surface area (Å²) >= 11 is 6.02. The van der Waals surface area contributed by atoms with Crippen molar-refractivity contribution in [3.63, 3.8) is 0 Å². The molecule has 0 bridgehead atoms. The van der Waals surface area contributed by atoms with Crippen molar-refractivity contribution < 1.29 is 9.59 Å². The quantitative estimate of drug-likeness (QED) is 0.865. The third-order valence-electron chi connectivity index (χ3n) is 3.49. The smallest absolute Gasteiger partial charge is 0.319 e. The van der Waals surface area contributed by atoms with Crippen LogP contribution in [0.2, 0.25) is 5.02 Å². The average Bonchev–Trinajstić information content (AvgIpc) is 2.55. The van der Waals surface area contributed by atoms with Gasteiger partial charge in [-0.3, -0.25) is 4.79 Å². The van der Waals surface area contributed by atoms with Crippen molar-refractivity contribution in [1.82, 2.24) is 5.32 Å². The Labute approximate surface area is 146 Å². The van der Waals surface area contributed by atoms with Gasteiger partial charge in [-0.25, -0.2) is 4.79 Å². The molecule has 0 radical (unpaired) electrons. The zero-order chi connectivity index (χ0) is 17.5. The van der Waals surface area contributed by atoms with Crippen LogP contribution >= 0.6 is 11.6 Å². The molecule has 2 aromatic rings. The van der Waals surface area contributed by atoms with Crippen LogP contribution in [-0.2, 0) is 4.79 Å². The van der Waals surface area contributed by atoms with Gasteiger partial charge < -0.3 is 15.5 Å². The van der Waals surface area contributed by atoms with Crippen LogP contribution in [0.25, 0.3) is 0 Å². The van der Waals surface area contributed by atoms with Gasteiger partial charge in [0.15, 0.2) is 0 Å². The first-order chi connectivity index (χ1) is 11.5. The minimum atomic E-state index is -0.312. The molecular weight excluding hydrogens is 326 g/mol. The van der Waals surface area contributed by atoms with Crippen LogP contribution < -0.4 is 15.5 Å². The highest BCUT2D eigenvalue weighted by atomic mass is 35.5. The second-order valence-electron chi connectivity index (χ2n) is 5.35. The highest BCUT2D eigenvalue weighted by Crippen LogP contribution is 2.24. The van der Waals surface area contributed by atoms with Gasteiger partial charge in [0.1, 0.15) is 0 Å². The molecule has 5 nitrogen and oxygen atoms in total. The number of nitrogens with one attached hydrogen (secondary N) is 2. The highest BCUT2D eigenvalue weighted by molar-refractivity contribution is 6.31. The molecule has 0 saturated heterocycles. The van der Waals surface area contributed by atoms with E-state index >= 15 is 0 Å². The molecule has 6 heteroatoms. The molecule has 0 fully saturated rings. The molecule has 2 rings (SSSR count). The molecule has 2 N–H and O–H groups in total. The van der Waals surface area contributed by atoms with Crippen LogP contribution in [0.5, 0.6) is 0 Å². The van der Waals surface area contributed by atoms with Crippen LogP contribution in [0.3, 0.4) is 0 Å². The monoisotopic (exact) mass is 345 g/mol. The Morgan fingerprint density at radius 2 is 1.83 bits per heavy atom. The maximum atomic E-state index is 11.9. The molecule has 0 aliphatic heterocycles. The fourth-order valence-electron chi connectivity index (χ4n) is 2.30. The van der Waals surface area contributed by atoms with E-state index in [1.54, 1.807) is 29.2 Å². The number of benzene rings is 2. The lowest BCUT2D eigenvalue weighted by atomic mass is 10.2. The highest BCUT2D eigenvalue weighted by Gasteiger charge is 2.14. The summed E-state index contributed by atoms with van der Waals surface area (Å²) in [5.41, 5.74) is 2.41. The Kier molecular flexibility index (Phi) is 6.21. The predicted octanol–water partition coefficient (Wildman–Crippen LogP) is 3.82. The van der Waals surface area contributed by atoms with Gasteiger partial charge in [-0.05, 0) is 36.8 Å². The van der Waals surface area contributed by atoms with E-state index in [9.17, 15) is 9.59 Å². The van der Waals surface area contributed by atoms with Gasteiger partial charge in [0.25, 0.3) is 0 Å². The summed E-state index contributed by atoms with van der Waals surface area (Å²) in [7, 11) is 0. The molecule has 0 saturated carbocycles. The molecule has 0 unspecified atom stereocenters. The lowest BCUT2D eigenvalue weighted by Gasteiger charge is -2.23. The first kappa shape index (κ1) is 17.8. The van der Waals surface area contributed by atoms with Gasteiger partial charge in [-0.1, -0.05) is 35.9 Å². The third-order valence-corrected chi connectivity index (χ3v) is 3.73. The van der Waals surface area contributed by atoms with E-state index in [-0.39, 0.29) is 11.9 Å². The zero-order valence-corrected chi connectivity index (χ0v) is 14.4. The molecule has 0 aliphatic carbocycles. The number of amides is 3. The molecule has 0 aromatic heterocycles. The van der Waals surface area contributed by atoms with Gasteiger partial charge in [0.05, 0.1) is 0 Å². The van der Waals surface area contributed by atoms with E-state index in [2.05, 4.69) is 10.6 Å². The predicted molar refractivity (Wildman–Crippen MR) is 97.7 cm³/mol. The number of carbonyl (C=O) groups excluding carboxylic acids is 2. The van der Waals surface area contributed by atoms with Gasteiger partial charge in [-0.15, -0.1) is 0 Å². The molecule has 0 heterocycles. The van der Waals surface area contributed by atoms with E-state index in [0.29, 0.717) is 23.8 Å². The number of aryl methyl sites for hydroxylation is 1. The number of halogens is 1. The van der Waals surface area contributed by atoms with Crippen molar-refractivity contribution in [3.8, 4) is 0 Å². The first-order valence-electron chi connectivity index (χ1n) is 7.61. The number of hydrogen-bond donors (Lipinski definition) is 2. The zero-order valence-electron chi connectivity index (χ0n) is 13.7. The molecule has 3 amide bonds. The van der Waals surface area contributed by atoms with E-state index in [1.807, 2.05) is 31.2 Å². The number of para-hydroxylation sites is 1. The summed E-state index contributed by atoms with van der Waals surface area (Å²) in [6.45, 7) is 4.09. The second-order valence-corrected chi connectivity index (χ2v) is 5.78. The van der Waals surface area contributed by atoms with Crippen LogP contribution in [0.15, 0.2) is 48.5 Å². The standard InChI is InChI=1S/C18H20ClN3O2/c1-13-8-9-15(19)12-17(13)22(14(2)23)11-10-20-18(24)21-16-6-4-3-5-7-16/h3-9,12H,10-11H2,1-2H3,(H2,20,21,24). The normalized spacial score (nSPS) is 10.1. The summed E-state index contributed by atoms with van der Waals surface area (Å²) in [5.74, 6) is -0.106. The summed E-state index contributed by atoms with van der Waals surface area (Å²) in [5, 5.41) is 6.04. The van der Waals surface area contributed by atoms with E-state index in [1.165, 1.54) is 6.92 Å². The van der Waals surface area contributed by atoms with E-state index in [4.69, 9.17) is 11.6 Å². The summed E-state index contributed by atoms with van der Waals surface area (Å²) < 4.78 is 0. The molecule has 0 spiro atoms. The SMILES string of the molecule is CC(=O)N(CCNC(=O)Nc1ccccc1)c1cc(Cl)ccc1C. The fourth-order valence-corrected chi connectivity index (χ4v) is 2.47. The molecule has 126 valence electrons. The molecule has 2 aromatic carbocycles. The van der Waals surface area contributed by atoms with E-state index < -0.39 is 0 Å². The van der Waals surface area contributed by atoms with Crippen LogP contribution in [-0.4, -0.2) is 25.0 Å². The van der Waals surface area contributed by atoms with Crippen molar-refractivity contribution in [3.05, 3.63) is 59.1 Å². The van der Waals surface area contributed by atoms with Gasteiger partial charge in [-0.2, -0.15) is 0 Å². The lowest BCUT2D eigenvalue weighted by molar-refractivity contribution is -0.116. The minimum Gasteiger partial charge on any atom is -0.336 e. The molecule has 0 aliphatic rings. The Morgan fingerprint density at radius 3 is 2.50 bits per heavy atom. The maximum absolute atomic E-state index is 11.9. The summed E-state index contributed by atoms with van der Waals surface area (Å²) in [4.78, 5) is 25.4. The molecule has 0 atom stereocenters. The number of anilines is 2. The van der Waals surface area contributed by atoms with Crippen molar-refractivity contribution in [1.29, 1.82) is 0 Å². The third kappa shape index (κ3) is 4.99.